The van der Waals surface area contributed by atoms with E-state index in [0.29, 0.717) is 16.8 Å². The van der Waals surface area contributed by atoms with E-state index >= 15 is 0 Å². The van der Waals surface area contributed by atoms with Crippen LogP contribution in [0.4, 0.5) is 0 Å². The van der Waals surface area contributed by atoms with Crippen LogP contribution in [0.1, 0.15) is 111 Å². The zero-order chi connectivity index (χ0) is 30.7. The lowest BCUT2D eigenvalue weighted by Gasteiger charge is -2.42. The summed E-state index contributed by atoms with van der Waals surface area (Å²) in [5.41, 5.74) is 9.24. The maximum absolute atomic E-state index is 13.0. The molecule has 1 aromatic heterocycles. The summed E-state index contributed by atoms with van der Waals surface area (Å²) >= 11 is 0. The van der Waals surface area contributed by atoms with Gasteiger partial charge in [0.15, 0.2) is 5.76 Å². The number of esters is 1. The Morgan fingerprint density at radius 2 is 1.52 bits per heavy atom. The van der Waals surface area contributed by atoms with Crippen molar-refractivity contribution in [1.82, 2.24) is 4.57 Å². The number of nitrogens with zero attached hydrogens (tertiary/aromatic N) is 1. The molecule has 2 aliphatic carbocycles. The molecular formula is C36H39NO5. The van der Waals surface area contributed by atoms with Crippen molar-refractivity contribution in [2.45, 2.75) is 71.8 Å². The minimum atomic E-state index is -0.518. The van der Waals surface area contributed by atoms with Gasteiger partial charge in [0.25, 0.3) is 0 Å². The second kappa shape index (κ2) is 10.3. The second-order valence-corrected chi connectivity index (χ2v) is 12.9. The van der Waals surface area contributed by atoms with E-state index in [1.54, 1.807) is 30.7 Å². The lowest BCUT2D eigenvalue weighted by molar-refractivity contribution is 0.0470. The van der Waals surface area contributed by atoms with E-state index in [0.717, 1.165) is 29.5 Å². The quantitative estimate of drug-likeness (QED) is 0.293. The van der Waals surface area contributed by atoms with Crippen LogP contribution in [0.2, 0.25) is 0 Å². The molecule has 0 amide bonds. The van der Waals surface area contributed by atoms with E-state index < -0.39 is 11.8 Å². The molecule has 6 heteroatoms. The summed E-state index contributed by atoms with van der Waals surface area (Å²) in [6, 6.07) is 11.9. The smallest absolute Gasteiger partial charge is 0.338 e. The van der Waals surface area contributed by atoms with Crippen LogP contribution in [0, 0.1) is 13.8 Å². The number of carbonyl (C=O) groups is 3. The third-order valence-electron chi connectivity index (χ3n) is 9.32. The molecule has 6 nitrogen and oxygen atoms in total. The molecule has 218 valence electrons. The Kier molecular flexibility index (Phi) is 7.16. The number of methoxy groups -OCH3 is 1. The molecule has 5 rings (SSSR count). The first-order chi connectivity index (χ1) is 19.7. The van der Waals surface area contributed by atoms with Crippen LogP contribution >= 0.6 is 0 Å². The van der Waals surface area contributed by atoms with Gasteiger partial charge in [-0.05, 0) is 83.0 Å². The Balaban J connectivity index is 1.36. The van der Waals surface area contributed by atoms with Gasteiger partial charge in [-0.1, -0.05) is 58.5 Å². The first-order valence-corrected chi connectivity index (χ1v) is 14.3. The van der Waals surface area contributed by atoms with Gasteiger partial charge in [0, 0.05) is 24.4 Å². The summed E-state index contributed by atoms with van der Waals surface area (Å²) in [6.45, 7) is 17.5. The first kappa shape index (κ1) is 29.3. The maximum atomic E-state index is 13.0. The highest BCUT2D eigenvalue weighted by Gasteiger charge is 2.38. The van der Waals surface area contributed by atoms with Crippen molar-refractivity contribution in [3.63, 3.8) is 0 Å². The molecule has 0 N–H and O–H groups in total. The fraction of sp³-hybridized carbons (Fsp3) is 0.361. The molecule has 2 aliphatic rings. The van der Waals surface area contributed by atoms with Gasteiger partial charge in [-0.25, -0.2) is 4.79 Å². The number of rotatable bonds is 6. The predicted molar refractivity (Wildman–Crippen MR) is 164 cm³/mol. The number of carbonyl (C=O) groups excluding carboxylic acids is 3. The molecule has 0 atom stereocenters. The topological polar surface area (TPSA) is 74.6 Å². The first-order valence-electron chi connectivity index (χ1n) is 14.3. The molecule has 0 saturated heterocycles. The molecule has 0 radical (unpaired) electrons. The average molecular weight is 566 g/mol. The zero-order valence-electron chi connectivity index (χ0n) is 25.9. The number of benzene rings is 2. The molecule has 42 heavy (non-hydrogen) atoms. The fourth-order valence-electron chi connectivity index (χ4n) is 6.33. The van der Waals surface area contributed by atoms with Crippen molar-refractivity contribution >= 4 is 23.1 Å². The van der Waals surface area contributed by atoms with Crippen molar-refractivity contribution in [3.05, 3.63) is 111 Å². The Labute approximate surface area is 248 Å². The van der Waals surface area contributed by atoms with Crippen molar-refractivity contribution in [1.29, 1.82) is 0 Å². The van der Waals surface area contributed by atoms with E-state index in [1.165, 1.54) is 29.9 Å². The summed E-state index contributed by atoms with van der Waals surface area (Å²) in [4.78, 5) is 38.6. The molecule has 0 fully saturated rings. The van der Waals surface area contributed by atoms with Crippen molar-refractivity contribution in [2.75, 3.05) is 7.11 Å². The van der Waals surface area contributed by atoms with Gasteiger partial charge in [0.1, 0.15) is 12.3 Å². The molecule has 1 heterocycles. The molecule has 2 aromatic carbocycles. The predicted octanol–water partition coefficient (Wildman–Crippen LogP) is 7.32. The summed E-state index contributed by atoms with van der Waals surface area (Å²) in [7, 11) is 3.07. The Morgan fingerprint density at radius 3 is 2.12 bits per heavy atom. The monoisotopic (exact) mass is 565 g/mol. The van der Waals surface area contributed by atoms with Gasteiger partial charge in [-0.3, -0.25) is 9.59 Å². The highest BCUT2D eigenvalue weighted by atomic mass is 16.5. The van der Waals surface area contributed by atoms with Gasteiger partial charge >= 0.3 is 5.97 Å². The Hall–Kier alpha value is -4.19. The third kappa shape index (κ3) is 4.73. The highest BCUT2D eigenvalue weighted by Crippen LogP contribution is 2.47. The average Bonchev–Trinajstić information content (AvgIpc) is 3.21. The molecule has 0 spiro atoms. The van der Waals surface area contributed by atoms with Crippen LogP contribution in [0.25, 0.3) is 5.57 Å². The lowest BCUT2D eigenvalue weighted by Crippen LogP contribution is -2.34. The molecule has 0 saturated carbocycles. The summed E-state index contributed by atoms with van der Waals surface area (Å²) in [5.74, 6) is -1.26. The standard InChI is InChI=1S/C36H39NO5/c1-20-16-27-28(36(6,7)15-14-35(27,4)5)17-25(20)21(2)23-10-12-24(13-11-23)34(40)42-19-26-22(3)37(8)32-29(38)18-30(41-9)33(39)31(26)32/h10-13,16-18H,2,14-15,19H2,1,3-9H3. The SMILES string of the molecule is C=C(c1ccc(C(=O)OCc2c3c(n(C)c2C)C(=O)C=C(OC)C3=O)cc1)c1cc2c(cc1C)C(C)(C)CCC2(C)C. The number of hydrogen-bond acceptors (Lipinski definition) is 5. The van der Waals surface area contributed by atoms with Crippen LogP contribution in [0.5, 0.6) is 0 Å². The van der Waals surface area contributed by atoms with E-state index in [-0.39, 0.29) is 40.2 Å². The van der Waals surface area contributed by atoms with Crippen LogP contribution in [0.15, 0.2) is 54.8 Å². The number of fused-ring (bicyclic) bond motifs is 2. The number of ether oxygens (including phenoxy) is 2. The van der Waals surface area contributed by atoms with E-state index in [2.05, 4.69) is 53.3 Å². The second-order valence-electron chi connectivity index (χ2n) is 12.9. The van der Waals surface area contributed by atoms with Crippen LogP contribution in [0.3, 0.4) is 0 Å². The molecule has 0 bridgehead atoms. The summed E-state index contributed by atoms with van der Waals surface area (Å²) in [6.07, 6.45) is 3.50. The summed E-state index contributed by atoms with van der Waals surface area (Å²) in [5, 5.41) is 0. The molecule has 0 unspecified atom stereocenters. The zero-order valence-corrected chi connectivity index (χ0v) is 25.9. The number of aromatic nitrogens is 1. The highest BCUT2D eigenvalue weighted by molar-refractivity contribution is 6.24. The van der Waals surface area contributed by atoms with Crippen LogP contribution in [-0.2, 0) is 34.0 Å². The minimum Gasteiger partial charge on any atom is -0.492 e. The van der Waals surface area contributed by atoms with Gasteiger partial charge in [-0.2, -0.15) is 0 Å². The van der Waals surface area contributed by atoms with E-state index in [1.807, 2.05) is 12.1 Å². The molecular weight excluding hydrogens is 526 g/mol. The van der Waals surface area contributed by atoms with E-state index in [4.69, 9.17) is 9.47 Å². The number of Topliss-reactive ketones (excluding diaryl/α,β-unsaturated/α-hetero) is 1. The van der Waals surface area contributed by atoms with Crippen molar-refractivity contribution in [3.8, 4) is 0 Å². The van der Waals surface area contributed by atoms with Crippen molar-refractivity contribution in [2.24, 2.45) is 7.05 Å². The van der Waals surface area contributed by atoms with Gasteiger partial charge < -0.3 is 14.0 Å². The molecule has 0 aliphatic heterocycles. The molecule has 3 aromatic rings. The lowest BCUT2D eigenvalue weighted by atomic mass is 9.62. The van der Waals surface area contributed by atoms with Crippen LogP contribution in [-0.4, -0.2) is 29.2 Å². The number of ketones is 2. The number of allylic oxidation sites excluding steroid dienone is 2. The Morgan fingerprint density at radius 1 is 0.952 bits per heavy atom. The Bertz CT molecular complexity index is 1700. The fourth-order valence-corrected chi connectivity index (χ4v) is 6.33. The van der Waals surface area contributed by atoms with Gasteiger partial charge in [0.2, 0.25) is 11.6 Å². The number of hydrogen-bond donors (Lipinski definition) is 0. The largest absolute Gasteiger partial charge is 0.492 e. The third-order valence-corrected chi connectivity index (χ3v) is 9.32. The minimum absolute atomic E-state index is 0.0251. The van der Waals surface area contributed by atoms with E-state index in [9.17, 15) is 14.4 Å². The van der Waals surface area contributed by atoms with Crippen molar-refractivity contribution < 1.29 is 23.9 Å². The summed E-state index contributed by atoms with van der Waals surface area (Å²) < 4.78 is 12.4. The van der Waals surface area contributed by atoms with Gasteiger partial charge in [0.05, 0.1) is 18.2 Å². The normalized spacial score (nSPS) is 16.8. The van der Waals surface area contributed by atoms with Crippen LogP contribution < -0.4 is 0 Å². The van der Waals surface area contributed by atoms with Gasteiger partial charge in [-0.15, -0.1) is 0 Å². The maximum Gasteiger partial charge on any atom is 0.338 e. The number of aryl methyl sites for hydroxylation is 1.